The van der Waals surface area contributed by atoms with Gasteiger partial charge in [0.15, 0.2) is 0 Å². The van der Waals surface area contributed by atoms with Crippen molar-refractivity contribution in [3.8, 4) is 0 Å². The number of nitrogens with zero attached hydrogens (tertiary/aromatic N) is 2. The van der Waals surface area contributed by atoms with Crippen LogP contribution in [0.1, 0.15) is 152 Å². The van der Waals surface area contributed by atoms with Crippen molar-refractivity contribution in [2.45, 2.75) is 99.3 Å². The zero-order valence-electron chi connectivity index (χ0n) is 29.8. The van der Waals surface area contributed by atoms with Crippen LogP contribution < -0.4 is 21.3 Å². The van der Waals surface area contributed by atoms with E-state index in [-0.39, 0.29) is 72.7 Å². The van der Waals surface area contributed by atoms with Gasteiger partial charge in [-0.05, 0) is 72.9 Å². The van der Waals surface area contributed by atoms with E-state index < -0.39 is 27.7 Å². The first-order chi connectivity index (χ1) is 23.5. The van der Waals surface area contributed by atoms with Gasteiger partial charge in [0.05, 0.1) is 5.75 Å². The summed E-state index contributed by atoms with van der Waals surface area (Å²) in [7, 11) is -4.15. The molecule has 15 nitrogen and oxygen atoms in total. The number of carboxylic acid groups (broad SMARTS) is 1. The fourth-order valence-corrected chi connectivity index (χ4v) is 4.51. The number of hydrogen-bond acceptors (Lipinski definition) is 9. The monoisotopic (exact) mass is 736 g/mol. The molecule has 2 rings (SSSR count). The number of carboxylic acids is 1. The molecule has 0 aliphatic heterocycles. The van der Waals surface area contributed by atoms with Crippen molar-refractivity contribution in [2.75, 3.05) is 31.9 Å². The molecule has 0 unspecified atom stereocenters. The van der Waals surface area contributed by atoms with E-state index in [1.807, 2.05) is 41.5 Å². The molecule has 0 aromatic carbocycles. The maximum absolute atomic E-state index is 12.3. The molecule has 0 aliphatic rings. The molecule has 2 aromatic heterocycles. The number of unbranched alkanes of at least 4 members (excludes halogenated alkanes) is 2. The largest absolute Gasteiger partial charge is 0.481 e. The summed E-state index contributed by atoms with van der Waals surface area (Å²) in [6.45, 7) is 13.0. The summed E-state index contributed by atoms with van der Waals surface area (Å²) < 4.78 is 30.0. The van der Waals surface area contributed by atoms with Gasteiger partial charge in [0, 0.05) is 32.6 Å². The Morgan fingerprint density at radius 1 is 0.627 bits per heavy atom. The molecule has 0 spiro atoms. The molecule has 0 fully saturated rings. The van der Waals surface area contributed by atoms with Crippen molar-refractivity contribution in [3.63, 3.8) is 0 Å². The third-order valence-corrected chi connectivity index (χ3v) is 7.75. The number of nitrogens with one attached hydrogen (secondary N) is 4. The Bertz CT molecular complexity index is 1560. The Morgan fingerprint density at radius 2 is 0.980 bits per heavy atom. The summed E-state index contributed by atoms with van der Waals surface area (Å²) in [4.78, 5) is 67.4. The molecule has 286 valence electrons. The average molecular weight is 737 g/mol. The Kier molecular flexibility index (Phi) is 21.8. The predicted octanol–water partition coefficient (Wildman–Crippen LogP) is 4.32. The molecule has 2 heterocycles. The molecule has 51 heavy (non-hydrogen) atoms. The van der Waals surface area contributed by atoms with Crippen molar-refractivity contribution in [1.29, 1.82) is 0 Å². The van der Waals surface area contributed by atoms with Gasteiger partial charge >= 0.3 is 5.97 Å². The highest BCUT2D eigenvalue weighted by Gasteiger charge is 2.18. The first kappa shape index (κ1) is 46.6. The number of aromatic nitrogens is 2. The molecule has 0 atom stereocenters. The smallest absolute Gasteiger partial charge is 0.303 e. The number of carbonyl (C=O) groups excluding carboxylic acids is 4. The molecule has 0 bridgehead atoms. The molecular formula is C35H56N6O9S. The minimum Gasteiger partial charge on any atom is -0.481 e. The van der Waals surface area contributed by atoms with Crippen LogP contribution in [0.15, 0.2) is 24.3 Å². The minimum absolute atomic E-state index is 0. The van der Waals surface area contributed by atoms with Crippen LogP contribution in [0.2, 0.25) is 0 Å². The van der Waals surface area contributed by atoms with Crippen molar-refractivity contribution in [1.82, 2.24) is 31.2 Å². The van der Waals surface area contributed by atoms with Crippen LogP contribution in [-0.2, 0) is 14.9 Å². The zero-order valence-corrected chi connectivity index (χ0v) is 30.6. The van der Waals surface area contributed by atoms with E-state index in [4.69, 9.17) is 9.66 Å². The van der Waals surface area contributed by atoms with E-state index in [1.54, 1.807) is 24.3 Å². The number of pyridine rings is 2. The molecule has 2 aromatic rings. The van der Waals surface area contributed by atoms with Crippen molar-refractivity contribution >= 4 is 39.7 Å². The SMILES string of the molecule is C.CCCNC(=O)c1cc(C(C)C)cc(C(=O)NCCCCCC(=O)O)n1.CCCNC(=O)c1cc(C(C)C)cc(C(=O)NCCS(=O)(=O)O)n1. The van der Waals surface area contributed by atoms with Gasteiger partial charge in [0.25, 0.3) is 33.7 Å². The number of amides is 4. The van der Waals surface area contributed by atoms with Crippen LogP contribution in [0.3, 0.4) is 0 Å². The summed E-state index contributed by atoms with van der Waals surface area (Å²) in [5.74, 6) is -2.73. The molecule has 16 heteroatoms. The quantitative estimate of drug-likeness (QED) is 0.0878. The van der Waals surface area contributed by atoms with E-state index in [0.29, 0.717) is 32.5 Å². The van der Waals surface area contributed by atoms with Gasteiger partial charge in [0.1, 0.15) is 22.8 Å². The molecular weight excluding hydrogens is 680 g/mol. The standard InChI is InChI=1S/C19H29N3O4.C15H23N3O5S.CH4/c1-4-9-20-18(25)15-11-14(13(2)3)12-16(22-15)19(26)21-10-7-5-6-8-17(23)24;1-4-5-16-14(19)12-8-11(10(2)3)9-13(18-12)15(20)17-6-7-24(21,22)23;/h11-13H,4-10H2,1-3H3,(H,20,25)(H,21,26)(H,23,24);8-10H,4-7H2,1-3H3,(H,16,19)(H,17,20)(H,21,22,23);1H4. The lowest BCUT2D eigenvalue weighted by atomic mass is 10.0. The van der Waals surface area contributed by atoms with Gasteiger partial charge in [-0.3, -0.25) is 28.5 Å². The average Bonchev–Trinajstić information content (AvgIpc) is 3.06. The molecule has 0 aliphatic carbocycles. The normalized spacial score (nSPS) is 10.8. The van der Waals surface area contributed by atoms with E-state index in [2.05, 4.69) is 31.2 Å². The highest BCUT2D eigenvalue weighted by Crippen LogP contribution is 2.18. The van der Waals surface area contributed by atoms with Crippen molar-refractivity contribution < 1.29 is 42.0 Å². The second-order valence-corrected chi connectivity index (χ2v) is 13.7. The third kappa shape index (κ3) is 18.9. The van der Waals surface area contributed by atoms with E-state index in [0.717, 1.165) is 30.4 Å². The number of aliphatic carboxylic acids is 1. The summed E-state index contributed by atoms with van der Waals surface area (Å²) >= 11 is 0. The Morgan fingerprint density at radius 3 is 1.29 bits per heavy atom. The Balaban J connectivity index is 0.000000964. The van der Waals surface area contributed by atoms with Gasteiger partial charge in [-0.15, -0.1) is 0 Å². The lowest BCUT2D eigenvalue weighted by Gasteiger charge is -2.12. The van der Waals surface area contributed by atoms with Crippen LogP contribution >= 0.6 is 0 Å². The first-order valence-corrected chi connectivity index (χ1v) is 18.4. The molecule has 0 radical (unpaired) electrons. The van der Waals surface area contributed by atoms with Gasteiger partial charge in [-0.2, -0.15) is 8.42 Å². The molecule has 6 N–H and O–H groups in total. The summed E-state index contributed by atoms with van der Waals surface area (Å²) in [6, 6.07) is 6.62. The Hall–Kier alpha value is -4.44. The maximum atomic E-state index is 12.3. The van der Waals surface area contributed by atoms with Gasteiger partial charge in [-0.25, -0.2) is 9.97 Å². The summed E-state index contributed by atoms with van der Waals surface area (Å²) in [5.41, 5.74) is 2.28. The Labute approximate surface area is 301 Å². The molecule has 0 saturated heterocycles. The predicted molar refractivity (Wildman–Crippen MR) is 196 cm³/mol. The van der Waals surface area contributed by atoms with Gasteiger partial charge in [0.2, 0.25) is 0 Å². The van der Waals surface area contributed by atoms with Crippen LogP contribution in [0, 0.1) is 0 Å². The third-order valence-electron chi connectivity index (χ3n) is 7.03. The summed E-state index contributed by atoms with van der Waals surface area (Å²) in [6.07, 6.45) is 3.77. The van der Waals surface area contributed by atoms with Crippen LogP contribution in [0.5, 0.6) is 0 Å². The van der Waals surface area contributed by atoms with Crippen molar-refractivity contribution in [3.05, 3.63) is 58.2 Å². The van der Waals surface area contributed by atoms with E-state index >= 15 is 0 Å². The van der Waals surface area contributed by atoms with Gasteiger partial charge in [-0.1, -0.05) is 55.4 Å². The van der Waals surface area contributed by atoms with Gasteiger partial charge < -0.3 is 26.4 Å². The topological polar surface area (TPSA) is 234 Å². The minimum atomic E-state index is -4.15. The van der Waals surface area contributed by atoms with E-state index in [9.17, 15) is 32.4 Å². The number of rotatable bonds is 19. The number of hydrogen-bond donors (Lipinski definition) is 6. The lowest BCUT2D eigenvalue weighted by molar-refractivity contribution is -0.137. The number of carbonyl (C=O) groups is 5. The first-order valence-electron chi connectivity index (χ1n) is 16.8. The highest BCUT2D eigenvalue weighted by atomic mass is 32.2. The van der Waals surface area contributed by atoms with E-state index in [1.165, 1.54) is 0 Å². The second-order valence-electron chi connectivity index (χ2n) is 12.2. The second kappa shape index (κ2) is 23.9. The lowest BCUT2D eigenvalue weighted by Crippen LogP contribution is -2.31. The highest BCUT2D eigenvalue weighted by molar-refractivity contribution is 7.85. The maximum Gasteiger partial charge on any atom is 0.303 e. The summed E-state index contributed by atoms with van der Waals surface area (Å²) in [5, 5.41) is 19.2. The zero-order chi connectivity index (χ0) is 37.9. The fraction of sp³-hybridized carbons (Fsp3) is 0.571. The van der Waals surface area contributed by atoms with Crippen LogP contribution in [-0.4, -0.2) is 89.6 Å². The van der Waals surface area contributed by atoms with Crippen molar-refractivity contribution in [2.24, 2.45) is 0 Å². The van der Waals surface area contributed by atoms with Crippen LogP contribution in [0.25, 0.3) is 0 Å². The van der Waals surface area contributed by atoms with Crippen LogP contribution in [0.4, 0.5) is 0 Å². The molecule has 4 amide bonds. The fourth-order valence-electron chi connectivity index (χ4n) is 4.15. The molecule has 0 saturated carbocycles.